The van der Waals surface area contributed by atoms with E-state index in [4.69, 9.17) is 12.2 Å². The van der Waals surface area contributed by atoms with Crippen LogP contribution in [-0.4, -0.2) is 21.1 Å². The molecule has 6 heteroatoms. The van der Waals surface area contributed by atoms with Crippen molar-refractivity contribution in [1.82, 2.24) is 15.3 Å². The molecule has 2 aromatic heterocycles. The Balaban J connectivity index is 1.65. The zero-order chi connectivity index (χ0) is 13.8. The first-order valence-corrected chi connectivity index (χ1v) is 8.04. The summed E-state index contributed by atoms with van der Waals surface area (Å²) in [5.74, 6) is 0.548. The first-order valence-electron chi connectivity index (χ1n) is 6.76. The molecule has 0 unspecified atom stereocenters. The van der Waals surface area contributed by atoms with Gasteiger partial charge in [-0.2, -0.15) is 0 Å². The van der Waals surface area contributed by atoms with Crippen LogP contribution in [0.5, 0.6) is 0 Å². The third-order valence-electron chi connectivity index (χ3n) is 3.34. The molecule has 20 heavy (non-hydrogen) atoms. The van der Waals surface area contributed by atoms with Gasteiger partial charge in [-0.15, -0.1) is 11.3 Å². The summed E-state index contributed by atoms with van der Waals surface area (Å²) in [6.07, 6.45) is 6.70. The molecule has 104 valence electrons. The van der Waals surface area contributed by atoms with Gasteiger partial charge in [-0.3, -0.25) is 0 Å². The summed E-state index contributed by atoms with van der Waals surface area (Å²) >= 11 is 6.98. The van der Waals surface area contributed by atoms with Crippen LogP contribution < -0.4 is 10.6 Å². The molecule has 0 radical (unpaired) electrons. The SMILES string of the molecule is S=C(Nc1nccc(-c2cccs2)n1)NC1CCCC1. The zero-order valence-electron chi connectivity index (χ0n) is 11.0. The number of thiophene rings is 1. The van der Waals surface area contributed by atoms with Crippen molar-refractivity contribution >= 4 is 34.6 Å². The summed E-state index contributed by atoms with van der Waals surface area (Å²) in [5.41, 5.74) is 0.918. The van der Waals surface area contributed by atoms with E-state index in [1.807, 2.05) is 23.6 Å². The van der Waals surface area contributed by atoms with Gasteiger partial charge in [0.15, 0.2) is 5.11 Å². The van der Waals surface area contributed by atoms with Crippen molar-refractivity contribution in [3.63, 3.8) is 0 Å². The van der Waals surface area contributed by atoms with Crippen LogP contribution >= 0.6 is 23.6 Å². The maximum Gasteiger partial charge on any atom is 0.229 e. The summed E-state index contributed by atoms with van der Waals surface area (Å²) in [6, 6.07) is 6.47. The van der Waals surface area contributed by atoms with Gasteiger partial charge >= 0.3 is 0 Å². The molecule has 1 aliphatic rings. The van der Waals surface area contributed by atoms with Crippen molar-refractivity contribution in [2.45, 2.75) is 31.7 Å². The van der Waals surface area contributed by atoms with Crippen LogP contribution in [0.4, 0.5) is 5.95 Å². The molecule has 2 aromatic rings. The van der Waals surface area contributed by atoms with Crippen molar-refractivity contribution in [2.75, 3.05) is 5.32 Å². The third kappa shape index (κ3) is 3.32. The van der Waals surface area contributed by atoms with E-state index in [1.165, 1.54) is 25.7 Å². The Morgan fingerprint density at radius 2 is 2.15 bits per heavy atom. The van der Waals surface area contributed by atoms with E-state index in [1.54, 1.807) is 17.5 Å². The van der Waals surface area contributed by atoms with Crippen LogP contribution in [0.1, 0.15) is 25.7 Å². The lowest BCUT2D eigenvalue weighted by Crippen LogP contribution is -2.36. The molecule has 0 aromatic carbocycles. The molecule has 4 nitrogen and oxygen atoms in total. The number of hydrogen-bond donors (Lipinski definition) is 2. The molecule has 1 saturated carbocycles. The molecule has 1 fully saturated rings. The molecule has 0 amide bonds. The lowest BCUT2D eigenvalue weighted by molar-refractivity contribution is 0.634. The Morgan fingerprint density at radius 1 is 1.30 bits per heavy atom. The average molecular weight is 304 g/mol. The van der Waals surface area contributed by atoms with Crippen molar-refractivity contribution < 1.29 is 0 Å². The normalized spacial score (nSPS) is 15.2. The molecule has 0 saturated heterocycles. The first-order chi connectivity index (χ1) is 9.81. The Labute approximate surface area is 127 Å². The van der Waals surface area contributed by atoms with Crippen LogP contribution in [-0.2, 0) is 0 Å². The van der Waals surface area contributed by atoms with E-state index >= 15 is 0 Å². The summed E-state index contributed by atoms with van der Waals surface area (Å²) in [7, 11) is 0. The van der Waals surface area contributed by atoms with Crippen molar-refractivity contribution in [3.8, 4) is 10.6 Å². The number of rotatable bonds is 3. The molecule has 0 bridgehead atoms. The van der Waals surface area contributed by atoms with Crippen LogP contribution in [0, 0.1) is 0 Å². The lowest BCUT2D eigenvalue weighted by Gasteiger charge is -2.14. The van der Waals surface area contributed by atoms with E-state index in [-0.39, 0.29) is 0 Å². The number of thiocarbonyl (C=S) groups is 1. The minimum Gasteiger partial charge on any atom is -0.360 e. The molecule has 2 heterocycles. The molecule has 2 N–H and O–H groups in total. The molecule has 0 spiro atoms. The second-order valence-corrected chi connectivity index (χ2v) is 6.18. The van der Waals surface area contributed by atoms with Crippen LogP contribution in [0.15, 0.2) is 29.8 Å². The van der Waals surface area contributed by atoms with Gasteiger partial charge in [0.1, 0.15) is 0 Å². The molecule has 3 rings (SSSR count). The number of nitrogens with one attached hydrogen (secondary N) is 2. The fourth-order valence-electron chi connectivity index (χ4n) is 2.37. The van der Waals surface area contributed by atoms with Crippen molar-refractivity contribution in [2.24, 2.45) is 0 Å². The highest BCUT2D eigenvalue weighted by Gasteiger charge is 2.15. The molecule has 0 aliphatic heterocycles. The minimum atomic E-state index is 0.496. The summed E-state index contributed by atoms with van der Waals surface area (Å²) in [6.45, 7) is 0. The molecular weight excluding hydrogens is 288 g/mol. The molecular formula is C14H16N4S2. The highest BCUT2D eigenvalue weighted by atomic mass is 32.1. The Hall–Kier alpha value is -1.53. The largest absolute Gasteiger partial charge is 0.360 e. The zero-order valence-corrected chi connectivity index (χ0v) is 12.6. The van der Waals surface area contributed by atoms with Gasteiger partial charge in [-0.1, -0.05) is 18.9 Å². The smallest absolute Gasteiger partial charge is 0.229 e. The summed E-state index contributed by atoms with van der Waals surface area (Å²) in [5, 5.41) is 9.05. The second kappa shape index (κ2) is 6.28. The monoisotopic (exact) mass is 304 g/mol. The van der Waals surface area contributed by atoms with E-state index in [0.717, 1.165) is 10.6 Å². The maximum atomic E-state index is 5.32. The second-order valence-electron chi connectivity index (χ2n) is 4.82. The third-order valence-corrected chi connectivity index (χ3v) is 4.46. The summed E-state index contributed by atoms with van der Waals surface area (Å²) < 4.78 is 0. The van der Waals surface area contributed by atoms with Gasteiger partial charge in [0, 0.05) is 12.2 Å². The van der Waals surface area contributed by atoms with Crippen molar-refractivity contribution in [3.05, 3.63) is 29.8 Å². The van der Waals surface area contributed by atoms with Gasteiger partial charge in [-0.05, 0) is 42.6 Å². The molecule has 1 aliphatic carbocycles. The Bertz CT molecular complexity index is 577. The Kier molecular flexibility index (Phi) is 4.22. The number of anilines is 1. The average Bonchev–Trinajstić information content (AvgIpc) is 3.11. The summed E-state index contributed by atoms with van der Waals surface area (Å²) in [4.78, 5) is 9.84. The fourth-order valence-corrected chi connectivity index (χ4v) is 3.33. The maximum absolute atomic E-state index is 5.32. The highest BCUT2D eigenvalue weighted by molar-refractivity contribution is 7.80. The van der Waals surface area contributed by atoms with Crippen LogP contribution in [0.2, 0.25) is 0 Å². The first kappa shape index (κ1) is 13.5. The number of aromatic nitrogens is 2. The lowest BCUT2D eigenvalue weighted by atomic mass is 10.3. The van der Waals surface area contributed by atoms with Gasteiger partial charge in [0.05, 0.1) is 10.6 Å². The van der Waals surface area contributed by atoms with E-state index in [9.17, 15) is 0 Å². The standard InChI is InChI=1S/C14H16N4S2/c19-14(16-10-4-1-2-5-10)18-13-15-8-7-11(17-13)12-6-3-9-20-12/h3,6-10H,1-2,4-5H2,(H2,15,16,17,18,19). The van der Waals surface area contributed by atoms with Crippen LogP contribution in [0.25, 0.3) is 10.6 Å². The minimum absolute atomic E-state index is 0.496. The predicted octanol–water partition coefficient (Wildman–Crippen LogP) is 3.43. The quantitative estimate of drug-likeness (QED) is 0.851. The van der Waals surface area contributed by atoms with Crippen molar-refractivity contribution in [1.29, 1.82) is 0 Å². The Morgan fingerprint density at radius 3 is 2.90 bits per heavy atom. The number of hydrogen-bond acceptors (Lipinski definition) is 4. The topological polar surface area (TPSA) is 49.8 Å². The van der Waals surface area contributed by atoms with Gasteiger partial charge in [0.25, 0.3) is 0 Å². The van der Waals surface area contributed by atoms with Gasteiger partial charge in [-0.25, -0.2) is 9.97 Å². The predicted molar refractivity (Wildman–Crippen MR) is 87.0 cm³/mol. The van der Waals surface area contributed by atoms with E-state index < -0.39 is 0 Å². The highest BCUT2D eigenvalue weighted by Crippen LogP contribution is 2.23. The van der Waals surface area contributed by atoms with E-state index in [2.05, 4.69) is 20.6 Å². The fraction of sp³-hybridized carbons (Fsp3) is 0.357. The van der Waals surface area contributed by atoms with E-state index in [0.29, 0.717) is 17.1 Å². The number of nitrogens with zero attached hydrogens (tertiary/aromatic N) is 2. The van der Waals surface area contributed by atoms with Gasteiger partial charge < -0.3 is 10.6 Å². The van der Waals surface area contributed by atoms with Crippen LogP contribution in [0.3, 0.4) is 0 Å². The van der Waals surface area contributed by atoms with Gasteiger partial charge in [0.2, 0.25) is 5.95 Å². The molecule has 0 atom stereocenters.